The molecule has 7 heteroatoms. The van der Waals surface area contributed by atoms with Crippen molar-refractivity contribution in [2.45, 2.75) is 0 Å². The van der Waals surface area contributed by atoms with E-state index in [-0.39, 0.29) is 0 Å². The molecule has 53 heavy (non-hydrogen) atoms. The number of hydrogen-bond acceptors (Lipinski definition) is 4. The van der Waals surface area contributed by atoms with E-state index in [1.165, 1.54) is 0 Å². The molecule has 0 bridgehead atoms. The van der Waals surface area contributed by atoms with Crippen LogP contribution in [0, 0.1) is 0 Å². The van der Waals surface area contributed by atoms with Gasteiger partial charge in [0.25, 0.3) is 0 Å². The first-order valence-electron chi connectivity index (χ1n) is 17.6. The zero-order valence-electron chi connectivity index (χ0n) is 28.5. The van der Waals surface area contributed by atoms with E-state index in [4.69, 9.17) is 20.4 Å². The predicted molar refractivity (Wildman–Crippen MR) is 212 cm³/mol. The molecule has 7 aromatic carbocycles. The normalized spacial score (nSPS) is 11.4. The predicted octanol–water partition coefficient (Wildman–Crippen LogP) is 10.6. The Balaban J connectivity index is 1.40. The molecule has 3 heterocycles. The largest absolute Gasteiger partial charge is 0.305 e. The summed E-state index contributed by atoms with van der Waals surface area (Å²) in [6.07, 6.45) is 0. The molecule has 7 nitrogen and oxygen atoms in total. The van der Waals surface area contributed by atoms with E-state index in [2.05, 4.69) is 129 Å². The molecule has 0 saturated heterocycles. The van der Waals surface area contributed by atoms with Crippen molar-refractivity contribution in [1.29, 1.82) is 0 Å². The molecule has 0 aliphatic rings. The summed E-state index contributed by atoms with van der Waals surface area (Å²) in [5, 5.41) is 21.8. The number of benzene rings is 7. The maximum Gasteiger partial charge on any atom is 0.168 e. The molecule has 0 aliphatic carbocycles. The average Bonchev–Trinajstić information content (AvgIpc) is 3.97. The molecule has 0 aliphatic heterocycles. The maximum absolute atomic E-state index is 4.88. The zero-order chi connectivity index (χ0) is 35.1. The van der Waals surface area contributed by atoms with Gasteiger partial charge in [0.05, 0.1) is 28.1 Å². The Bertz CT molecular complexity index is 2570. The molecular weight excluding hydrogens is 651 g/mol. The van der Waals surface area contributed by atoms with Gasteiger partial charge < -0.3 is 4.57 Å². The van der Waals surface area contributed by atoms with Crippen molar-refractivity contribution in [2.75, 3.05) is 0 Å². The van der Waals surface area contributed by atoms with Gasteiger partial charge in [-0.3, -0.25) is 9.13 Å². The molecule has 0 radical (unpaired) electrons. The number of aromatic nitrogens is 7. The minimum absolute atomic E-state index is 0.735. The van der Waals surface area contributed by atoms with Crippen molar-refractivity contribution < 1.29 is 0 Å². The third-order valence-electron chi connectivity index (χ3n) is 9.73. The second kappa shape index (κ2) is 12.7. The summed E-state index contributed by atoms with van der Waals surface area (Å²) in [6, 6.07) is 64.7. The van der Waals surface area contributed by atoms with Gasteiger partial charge in [-0.2, -0.15) is 0 Å². The van der Waals surface area contributed by atoms with Crippen LogP contribution in [0.2, 0.25) is 0 Å². The van der Waals surface area contributed by atoms with Gasteiger partial charge in [0.15, 0.2) is 23.3 Å². The van der Waals surface area contributed by atoms with Gasteiger partial charge in [0.1, 0.15) is 0 Å². The molecule has 0 saturated carbocycles. The molecule has 0 unspecified atom stereocenters. The third-order valence-corrected chi connectivity index (χ3v) is 9.73. The SMILES string of the molecule is c1ccc(-c2nnc(-c3ccccc3)n2-c2cccc(-n3c(-c4ccccc4)nnc3-c3ccccc3)c2-n2c3ccccc3c3ccccc32)cc1. The van der Waals surface area contributed by atoms with Crippen LogP contribution in [-0.2, 0) is 0 Å². The smallest absolute Gasteiger partial charge is 0.168 e. The van der Waals surface area contributed by atoms with Gasteiger partial charge >= 0.3 is 0 Å². The summed E-state index contributed by atoms with van der Waals surface area (Å²) >= 11 is 0. The molecule has 0 N–H and O–H groups in total. The van der Waals surface area contributed by atoms with Gasteiger partial charge in [-0.05, 0) is 24.3 Å². The van der Waals surface area contributed by atoms with Gasteiger partial charge in [0.2, 0.25) is 0 Å². The summed E-state index contributed by atoms with van der Waals surface area (Å²) in [5.74, 6) is 2.94. The van der Waals surface area contributed by atoms with Crippen LogP contribution in [0.15, 0.2) is 188 Å². The van der Waals surface area contributed by atoms with Crippen molar-refractivity contribution in [3.05, 3.63) is 188 Å². The Labute approximate surface area is 305 Å². The second-order valence-corrected chi connectivity index (χ2v) is 12.8. The van der Waals surface area contributed by atoms with Crippen molar-refractivity contribution in [1.82, 2.24) is 34.1 Å². The van der Waals surface area contributed by atoms with Crippen LogP contribution in [0.5, 0.6) is 0 Å². The number of fused-ring (bicyclic) bond motifs is 3. The minimum atomic E-state index is 0.735. The first-order valence-corrected chi connectivity index (χ1v) is 17.6. The minimum Gasteiger partial charge on any atom is -0.305 e. The van der Waals surface area contributed by atoms with Crippen molar-refractivity contribution in [2.24, 2.45) is 0 Å². The van der Waals surface area contributed by atoms with Crippen LogP contribution in [0.1, 0.15) is 0 Å². The van der Waals surface area contributed by atoms with E-state index in [0.717, 1.165) is 84.4 Å². The number of hydrogen-bond donors (Lipinski definition) is 0. The number of rotatable bonds is 7. The molecule has 10 aromatic rings. The molecule has 0 spiro atoms. The van der Waals surface area contributed by atoms with E-state index in [1.54, 1.807) is 0 Å². The first kappa shape index (κ1) is 30.4. The first-order chi connectivity index (χ1) is 26.3. The van der Waals surface area contributed by atoms with E-state index in [0.29, 0.717) is 0 Å². The van der Waals surface area contributed by atoms with Gasteiger partial charge in [0, 0.05) is 33.0 Å². The van der Waals surface area contributed by atoms with Crippen molar-refractivity contribution >= 4 is 21.8 Å². The summed E-state index contributed by atoms with van der Waals surface area (Å²) < 4.78 is 6.77. The Morgan fingerprint density at radius 1 is 0.264 bits per heavy atom. The lowest BCUT2D eigenvalue weighted by atomic mass is 10.1. The van der Waals surface area contributed by atoms with Crippen molar-refractivity contribution in [3.8, 4) is 62.6 Å². The standard InChI is InChI=1S/C46H31N7/c1-5-18-32(19-6-1)43-47-48-44(33-20-7-2-8-21-33)52(43)40-30-17-31-41(42(40)51-38-28-15-13-26-36(38)37-27-14-16-29-39(37)51)53-45(34-22-9-3-10-23-34)49-50-46(53)35-24-11-4-12-25-35/h1-31H. The highest BCUT2D eigenvalue weighted by molar-refractivity contribution is 6.10. The van der Waals surface area contributed by atoms with Crippen LogP contribution in [0.25, 0.3) is 84.4 Å². The van der Waals surface area contributed by atoms with E-state index >= 15 is 0 Å². The lowest BCUT2D eigenvalue weighted by molar-refractivity contribution is 0.991. The van der Waals surface area contributed by atoms with Gasteiger partial charge in [-0.1, -0.05) is 164 Å². The zero-order valence-corrected chi connectivity index (χ0v) is 28.5. The molecule has 0 atom stereocenters. The van der Waals surface area contributed by atoms with Gasteiger partial charge in [-0.25, -0.2) is 0 Å². The summed E-state index contributed by atoms with van der Waals surface area (Å²) in [7, 11) is 0. The number of nitrogens with zero attached hydrogens (tertiary/aromatic N) is 7. The molecule has 0 fully saturated rings. The topological polar surface area (TPSA) is 66.3 Å². The van der Waals surface area contributed by atoms with Gasteiger partial charge in [-0.15, -0.1) is 20.4 Å². The lowest BCUT2D eigenvalue weighted by Crippen LogP contribution is -2.12. The fourth-order valence-corrected chi connectivity index (χ4v) is 7.39. The molecule has 3 aromatic heterocycles. The Hall–Kier alpha value is -7.38. The monoisotopic (exact) mass is 681 g/mol. The summed E-state index contributed by atoms with van der Waals surface area (Å²) in [4.78, 5) is 0. The fraction of sp³-hybridized carbons (Fsp3) is 0. The molecule has 0 amide bonds. The Morgan fingerprint density at radius 3 is 0.906 bits per heavy atom. The summed E-state index contributed by atoms with van der Waals surface area (Å²) in [5.41, 5.74) is 8.74. The molecular formula is C46H31N7. The van der Waals surface area contributed by atoms with E-state index < -0.39 is 0 Å². The highest BCUT2D eigenvalue weighted by Crippen LogP contribution is 2.41. The fourth-order valence-electron chi connectivity index (χ4n) is 7.39. The van der Waals surface area contributed by atoms with Crippen LogP contribution < -0.4 is 0 Å². The summed E-state index contributed by atoms with van der Waals surface area (Å²) in [6.45, 7) is 0. The highest BCUT2D eigenvalue weighted by atomic mass is 15.3. The van der Waals surface area contributed by atoms with E-state index in [9.17, 15) is 0 Å². The average molecular weight is 682 g/mol. The lowest BCUT2D eigenvalue weighted by Gasteiger charge is -2.23. The molecule has 10 rings (SSSR count). The quantitative estimate of drug-likeness (QED) is 0.168. The third kappa shape index (κ3) is 5.06. The van der Waals surface area contributed by atoms with Crippen LogP contribution in [0.3, 0.4) is 0 Å². The molecule has 250 valence electrons. The number of para-hydroxylation sites is 3. The van der Waals surface area contributed by atoms with Crippen LogP contribution in [0.4, 0.5) is 0 Å². The maximum atomic E-state index is 4.88. The highest BCUT2D eigenvalue weighted by Gasteiger charge is 2.27. The van der Waals surface area contributed by atoms with Crippen molar-refractivity contribution in [3.63, 3.8) is 0 Å². The van der Waals surface area contributed by atoms with Crippen LogP contribution in [-0.4, -0.2) is 34.1 Å². The Morgan fingerprint density at radius 2 is 0.566 bits per heavy atom. The van der Waals surface area contributed by atoms with Crippen LogP contribution >= 0.6 is 0 Å². The van der Waals surface area contributed by atoms with E-state index in [1.807, 2.05) is 72.8 Å². The second-order valence-electron chi connectivity index (χ2n) is 12.8. The Kier molecular flexibility index (Phi) is 7.32.